The van der Waals surface area contributed by atoms with E-state index in [4.69, 9.17) is 9.47 Å². The fraction of sp³-hybridized carbons (Fsp3) is 0.500. The van der Waals surface area contributed by atoms with Crippen molar-refractivity contribution in [2.75, 3.05) is 32.9 Å². The molecule has 4 rings (SSSR count). The van der Waals surface area contributed by atoms with Gasteiger partial charge in [0.05, 0.1) is 25.4 Å². The average Bonchev–Trinajstić information content (AvgIpc) is 2.78. The van der Waals surface area contributed by atoms with Crippen molar-refractivity contribution in [3.63, 3.8) is 0 Å². The van der Waals surface area contributed by atoms with E-state index in [-0.39, 0.29) is 11.8 Å². The summed E-state index contributed by atoms with van der Waals surface area (Å²) in [7, 11) is 0. The summed E-state index contributed by atoms with van der Waals surface area (Å²) < 4.78 is 49.9. The van der Waals surface area contributed by atoms with Crippen LogP contribution in [-0.2, 0) is 21.3 Å². The van der Waals surface area contributed by atoms with Crippen LogP contribution in [0.2, 0.25) is 0 Å². The smallest absolute Gasteiger partial charge is 0.375 e. The zero-order valence-corrected chi connectivity index (χ0v) is 19.0. The molecule has 0 atom stereocenters. The van der Waals surface area contributed by atoms with Crippen LogP contribution in [-0.4, -0.2) is 43.7 Å². The summed E-state index contributed by atoms with van der Waals surface area (Å²) in [5, 5.41) is 0. The Labute approximate surface area is 192 Å². The molecule has 0 N–H and O–H groups in total. The van der Waals surface area contributed by atoms with E-state index in [0.29, 0.717) is 44.4 Å². The molecular formula is C26H30F3NO3. The second kappa shape index (κ2) is 9.47. The zero-order valence-electron chi connectivity index (χ0n) is 19.0. The van der Waals surface area contributed by atoms with E-state index in [2.05, 4.69) is 13.8 Å². The maximum Gasteiger partial charge on any atom is 0.416 e. The van der Waals surface area contributed by atoms with Crippen molar-refractivity contribution in [3.05, 3.63) is 70.8 Å². The van der Waals surface area contributed by atoms with Gasteiger partial charge in [0.25, 0.3) is 5.91 Å². The third kappa shape index (κ3) is 5.25. The fourth-order valence-electron chi connectivity index (χ4n) is 4.41. The van der Waals surface area contributed by atoms with Crippen LogP contribution in [0.3, 0.4) is 0 Å². The number of ether oxygens (including phenoxy) is 2. The van der Waals surface area contributed by atoms with Crippen LogP contribution in [0.1, 0.15) is 59.7 Å². The predicted octanol–water partition coefficient (Wildman–Crippen LogP) is 5.62. The molecule has 0 aromatic heterocycles. The molecule has 0 unspecified atom stereocenters. The molecule has 33 heavy (non-hydrogen) atoms. The van der Waals surface area contributed by atoms with E-state index < -0.39 is 17.3 Å². The summed E-state index contributed by atoms with van der Waals surface area (Å²) in [5.74, 6) is 0.568. The number of hydrogen-bond acceptors (Lipinski definition) is 3. The largest absolute Gasteiger partial charge is 0.416 e. The number of rotatable bonds is 6. The van der Waals surface area contributed by atoms with Crippen LogP contribution in [0.4, 0.5) is 13.2 Å². The van der Waals surface area contributed by atoms with Crippen LogP contribution in [0.25, 0.3) is 0 Å². The Kier molecular flexibility index (Phi) is 6.82. The Balaban J connectivity index is 1.35. The molecule has 0 radical (unpaired) electrons. The van der Waals surface area contributed by atoms with Gasteiger partial charge in [-0.2, -0.15) is 13.2 Å². The van der Waals surface area contributed by atoms with Crippen molar-refractivity contribution < 1.29 is 27.4 Å². The van der Waals surface area contributed by atoms with Crippen LogP contribution in [0, 0.1) is 5.92 Å². The fourth-order valence-corrected chi connectivity index (χ4v) is 4.41. The van der Waals surface area contributed by atoms with Gasteiger partial charge in [-0.05, 0) is 60.1 Å². The van der Waals surface area contributed by atoms with Crippen molar-refractivity contribution in [2.24, 2.45) is 5.92 Å². The summed E-state index contributed by atoms with van der Waals surface area (Å²) in [6.45, 7) is 7.07. The third-order valence-electron chi connectivity index (χ3n) is 6.51. The normalized spacial score (nSPS) is 18.9. The summed E-state index contributed by atoms with van der Waals surface area (Å²) in [4.78, 5) is 14.8. The lowest BCUT2D eigenvalue weighted by molar-refractivity contribution is -0.220. The summed E-state index contributed by atoms with van der Waals surface area (Å²) in [5.41, 5.74) is 1.49. The number of carbonyl (C=O) groups excluding carboxylic acids is 1. The molecule has 2 aliphatic heterocycles. The monoisotopic (exact) mass is 461 g/mol. The Bertz CT molecular complexity index is 942. The first-order valence-corrected chi connectivity index (χ1v) is 11.5. The van der Waals surface area contributed by atoms with Crippen molar-refractivity contribution >= 4 is 5.91 Å². The number of amides is 1. The highest BCUT2D eigenvalue weighted by molar-refractivity contribution is 5.94. The molecule has 2 aliphatic rings. The topological polar surface area (TPSA) is 38.8 Å². The molecule has 2 heterocycles. The van der Waals surface area contributed by atoms with Gasteiger partial charge in [-0.25, -0.2) is 0 Å². The highest BCUT2D eigenvalue weighted by Crippen LogP contribution is 2.35. The molecule has 2 aromatic carbocycles. The van der Waals surface area contributed by atoms with Gasteiger partial charge in [0, 0.05) is 18.7 Å². The minimum atomic E-state index is -4.32. The molecule has 0 bridgehead atoms. The van der Waals surface area contributed by atoms with E-state index in [1.165, 1.54) is 0 Å². The molecule has 4 nitrogen and oxygen atoms in total. The van der Waals surface area contributed by atoms with E-state index in [1.807, 2.05) is 29.2 Å². The lowest BCUT2D eigenvalue weighted by Gasteiger charge is -2.42. The standard InChI is InChI=1S/C26H30F3NO3/c1-18(2)15-33-25(16-32-17-25)22-7-5-21(6-8-22)24(31)30-13-11-20(12-14-30)19-3-9-23(10-4-19)26(27,28)29/h3-10,18,20H,11-17H2,1-2H3. The van der Waals surface area contributed by atoms with Crippen molar-refractivity contribution in [1.82, 2.24) is 4.90 Å². The Morgan fingerprint density at radius 2 is 1.67 bits per heavy atom. The molecule has 2 aromatic rings. The minimum absolute atomic E-state index is 0.0190. The zero-order chi connectivity index (χ0) is 23.6. The first-order chi connectivity index (χ1) is 15.7. The maximum absolute atomic E-state index is 13.0. The van der Waals surface area contributed by atoms with Crippen LogP contribution >= 0.6 is 0 Å². The van der Waals surface area contributed by atoms with Crippen LogP contribution in [0.5, 0.6) is 0 Å². The quantitative estimate of drug-likeness (QED) is 0.560. The number of likely N-dealkylation sites (tertiary alicyclic amines) is 1. The van der Waals surface area contributed by atoms with E-state index in [1.54, 1.807) is 12.1 Å². The highest BCUT2D eigenvalue weighted by Gasteiger charge is 2.42. The Morgan fingerprint density at radius 3 is 2.15 bits per heavy atom. The second-order valence-electron chi connectivity index (χ2n) is 9.46. The molecule has 0 aliphatic carbocycles. The molecule has 7 heteroatoms. The second-order valence-corrected chi connectivity index (χ2v) is 9.46. The number of alkyl halides is 3. The third-order valence-corrected chi connectivity index (χ3v) is 6.51. The van der Waals surface area contributed by atoms with Gasteiger partial charge in [0.1, 0.15) is 5.60 Å². The minimum Gasteiger partial charge on any atom is -0.375 e. The van der Waals surface area contributed by atoms with Gasteiger partial charge >= 0.3 is 6.18 Å². The van der Waals surface area contributed by atoms with Crippen LogP contribution in [0.15, 0.2) is 48.5 Å². The molecule has 2 fully saturated rings. The Morgan fingerprint density at radius 1 is 1.06 bits per heavy atom. The maximum atomic E-state index is 13.0. The molecule has 178 valence electrons. The predicted molar refractivity (Wildman–Crippen MR) is 119 cm³/mol. The van der Waals surface area contributed by atoms with Crippen molar-refractivity contribution in [3.8, 4) is 0 Å². The summed E-state index contributed by atoms with van der Waals surface area (Å²) in [6, 6.07) is 13.0. The van der Waals surface area contributed by atoms with Crippen molar-refractivity contribution in [2.45, 2.75) is 44.4 Å². The van der Waals surface area contributed by atoms with Gasteiger partial charge in [-0.3, -0.25) is 4.79 Å². The first kappa shape index (κ1) is 23.8. The SMILES string of the molecule is CC(C)COC1(c2ccc(C(=O)N3CCC(c4ccc(C(F)(F)F)cc4)CC3)cc2)COC1. The van der Waals surface area contributed by atoms with Crippen molar-refractivity contribution in [1.29, 1.82) is 0 Å². The number of piperidine rings is 1. The molecule has 1 amide bonds. The van der Waals surface area contributed by atoms with Gasteiger partial charge < -0.3 is 14.4 Å². The number of halogens is 3. The van der Waals surface area contributed by atoms with Gasteiger partial charge in [0.15, 0.2) is 0 Å². The van der Waals surface area contributed by atoms with E-state index in [0.717, 1.165) is 36.1 Å². The van der Waals surface area contributed by atoms with E-state index >= 15 is 0 Å². The number of benzene rings is 2. The molecule has 0 saturated carbocycles. The van der Waals surface area contributed by atoms with E-state index in [9.17, 15) is 18.0 Å². The molecule has 0 spiro atoms. The average molecular weight is 462 g/mol. The lowest BCUT2D eigenvalue weighted by atomic mass is 9.88. The van der Waals surface area contributed by atoms with Gasteiger partial charge in [-0.15, -0.1) is 0 Å². The van der Waals surface area contributed by atoms with Gasteiger partial charge in [0.2, 0.25) is 0 Å². The summed E-state index contributed by atoms with van der Waals surface area (Å²) in [6.07, 6.45) is -2.85. The number of nitrogens with zero attached hydrogens (tertiary/aromatic N) is 1. The highest BCUT2D eigenvalue weighted by atomic mass is 19.4. The number of hydrogen-bond donors (Lipinski definition) is 0. The summed E-state index contributed by atoms with van der Waals surface area (Å²) >= 11 is 0. The number of carbonyl (C=O) groups is 1. The van der Waals surface area contributed by atoms with Gasteiger partial charge in [-0.1, -0.05) is 38.1 Å². The Hall–Kier alpha value is -2.38. The first-order valence-electron chi connectivity index (χ1n) is 11.5. The molecule has 2 saturated heterocycles. The lowest BCUT2D eigenvalue weighted by Crippen LogP contribution is -2.49. The molecular weight excluding hydrogens is 431 g/mol. The van der Waals surface area contributed by atoms with Crippen LogP contribution < -0.4 is 0 Å².